The van der Waals surface area contributed by atoms with Crippen molar-refractivity contribution in [3.63, 3.8) is 0 Å². The molecule has 0 spiro atoms. The number of ether oxygens (including phenoxy) is 2. The predicted molar refractivity (Wildman–Crippen MR) is 90.3 cm³/mol. The lowest BCUT2D eigenvalue weighted by Crippen LogP contribution is -2.17. The Morgan fingerprint density at radius 2 is 1.92 bits per heavy atom. The third kappa shape index (κ3) is 3.76. The van der Waals surface area contributed by atoms with Gasteiger partial charge in [-0.05, 0) is 24.3 Å². The van der Waals surface area contributed by atoms with Crippen molar-refractivity contribution >= 4 is 17.3 Å². The molecule has 6 nitrogen and oxygen atoms in total. The van der Waals surface area contributed by atoms with Crippen LogP contribution in [0.2, 0.25) is 0 Å². The van der Waals surface area contributed by atoms with Gasteiger partial charge in [0, 0.05) is 24.7 Å². The second-order valence-electron chi connectivity index (χ2n) is 5.24. The summed E-state index contributed by atoms with van der Waals surface area (Å²) in [6.07, 6.45) is 0.286. The van der Waals surface area contributed by atoms with Gasteiger partial charge in [0.25, 0.3) is 0 Å². The van der Waals surface area contributed by atoms with E-state index >= 15 is 0 Å². The molecule has 122 valence electrons. The summed E-state index contributed by atoms with van der Waals surface area (Å²) in [5.74, 6) is 1.29. The van der Waals surface area contributed by atoms with Crippen molar-refractivity contribution in [2.75, 3.05) is 30.4 Å². The van der Waals surface area contributed by atoms with Crippen LogP contribution in [0.25, 0.3) is 0 Å². The lowest BCUT2D eigenvalue weighted by atomic mass is 10.2. The van der Waals surface area contributed by atoms with Crippen molar-refractivity contribution in [2.45, 2.75) is 6.42 Å². The van der Waals surface area contributed by atoms with Gasteiger partial charge in [-0.2, -0.15) is 5.26 Å². The number of para-hydroxylation sites is 1. The van der Waals surface area contributed by atoms with Crippen LogP contribution in [0.3, 0.4) is 0 Å². The van der Waals surface area contributed by atoms with Crippen molar-refractivity contribution in [3.8, 4) is 17.6 Å². The molecule has 1 aliphatic rings. The quantitative estimate of drug-likeness (QED) is 0.884. The summed E-state index contributed by atoms with van der Waals surface area (Å²) < 4.78 is 11.0. The molecule has 3 rings (SSSR count). The van der Waals surface area contributed by atoms with Gasteiger partial charge in [0.05, 0.1) is 11.3 Å². The molecule has 0 unspecified atom stereocenters. The van der Waals surface area contributed by atoms with E-state index in [2.05, 4.69) is 16.7 Å². The summed E-state index contributed by atoms with van der Waals surface area (Å²) in [5, 5.41) is 14.9. The highest BCUT2D eigenvalue weighted by atomic mass is 16.6. The Hall–Kier alpha value is -3.20. The highest BCUT2D eigenvalue weighted by Crippen LogP contribution is 2.32. The van der Waals surface area contributed by atoms with Crippen LogP contribution in [0.4, 0.5) is 11.4 Å². The number of hydrogen-bond acceptors (Lipinski definition) is 5. The Morgan fingerprint density at radius 1 is 1.12 bits per heavy atom. The maximum Gasteiger partial charge on any atom is 0.226 e. The van der Waals surface area contributed by atoms with Crippen LogP contribution >= 0.6 is 0 Å². The van der Waals surface area contributed by atoms with Gasteiger partial charge in [-0.25, -0.2) is 0 Å². The Labute approximate surface area is 140 Å². The van der Waals surface area contributed by atoms with E-state index in [1.807, 2.05) is 18.2 Å². The van der Waals surface area contributed by atoms with Gasteiger partial charge in [-0.15, -0.1) is 0 Å². The number of rotatable bonds is 5. The zero-order valence-electron chi connectivity index (χ0n) is 13.0. The topological polar surface area (TPSA) is 83.4 Å². The maximum absolute atomic E-state index is 12.0. The van der Waals surface area contributed by atoms with E-state index in [0.29, 0.717) is 36.8 Å². The van der Waals surface area contributed by atoms with Crippen molar-refractivity contribution in [1.82, 2.24) is 0 Å². The number of amides is 1. The largest absolute Gasteiger partial charge is 0.486 e. The molecule has 6 heteroatoms. The predicted octanol–water partition coefficient (Wildman–Crippen LogP) is 2.77. The van der Waals surface area contributed by atoms with E-state index in [1.54, 1.807) is 24.3 Å². The molecule has 0 radical (unpaired) electrons. The van der Waals surface area contributed by atoms with E-state index in [4.69, 9.17) is 14.7 Å². The number of carbonyl (C=O) groups is 1. The number of hydrogen-bond donors (Lipinski definition) is 2. The monoisotopic (exact) mass is 323 g/mol. The molecule has 0 fully saturated rings. The maximum atomic E-state index is 12.0. The minimum Gasteiger partial charge on any atom is -0.486 e. The number of anilines is 2. The molecule has 1 heterocycles. The first-order chi connectivity index (χ1) is 11.8. The molecule has 0 atom stereocenters. The minimum absolute atomic E-state index is 0.150. The van der Waals surface area contributed by atoms with Crippen LogP contribution in [0.1, 0.15) is 12.0 Å². The van der Waals surface area contributed by atoms with Crippen LogP contribution in [0.15, 0.2) is 42.5 Å². The van der Waals surface area contributed by atoms with Crippen molar-refractivity contribution in [1.29, 1.82) is 5.26 Å². The van der Waals surface area contributed by atoms with Crippen LogP contribution in [-0.4, -0.2) is 25.7 Å². The SMILES string of the molecule is N#Cc1ccccc1NC(=O)CCNc1ccc2c(c1)OCCO2. The van der Waals surface area contributed by atoms with Crippen LogP contribution < -0.4 is 20.1 Å². The lowest BCUT2D eigenvalue weighted by molar-refractivity contribution is -0.115. The van der Waals surface area contributed by atoms with Gasteiger partial charge >= 0.3 is 0 Å². The van der Waals surface area contributed by atoms with E-state index in [9.17, 15) is 4.79 Å². The first-order valence-electron chi connectivity index (χ1n) is 7.69. The van der Waals surface area contributed by atoms with Crippen LogP contribution in [0.5, 0.6) is 11.5 Å². The van der Waals surface area contributed by atoms with Gasteiger partial charge in [-0.3, -0.25) is 4.79 Å². The third-order valence-corrected chi connectivity index (χ3v) is 3.54. The number of benzene rings is 2. The van der Waals surface area contributed by atoms with E-state index in [1.165, 1.54) is 0 Å². The normalized spacial score (nSPS) is 12.1. The Kier molecular flexibility index (Phi) is 4.82. The van der Waals surface area contributed by atoms with Crippen molar-refractivity contribution in [2.24, 2.45) is 0 Å². The molecule has 1 aliphatic heterocycles. The molecule has 0 aromatic heterocycles. The average molecular weight is 323 g/mol. The van der Waals surface area contributed by atoms with Gasteiger partial charge in [0.15, 0.2) is 11.5 Å². The summed E-state index contributed by atoms with van der Waals surface area (Å²) in [4.78, 5) is 12.0. The highest BCUT2D eigenvalue weighted by Gasteiger charge is 2.12. The Morgan fingerprint density at radius 3 is 2.75 bits per heavy atom. The number of fused-ring (bicyclic) bond motifs is 1. The fourth-order valence-electron chi connectivity index (χ4n) is 2.38. The molecule has 0 bridgehead atoms. The first kappa shape index (κ1) is 15.7. The van der Waals surface area contributed by atoms with Gasteiger partial charge in [-0.1, -0.05) is 12.1 Å². The number of carbonyl (C=O) groups excluding carboxylic acids is 1. The van der Waals surface area contributed by atoms with Crippen LogP contribution in [0, 0.1) is 11.3 Å². The van der Waals surface area contributed by atoms with Gasteiger partial charge in [0.2, 0.25) is 5.91 Å². The molecule has 0 saturated carbocycles. The zero-order valence-corrected chi connectivity index (χ0v) is 13.0. The average Bonchev–Trinajstić information content (AvgIpc) is 2.62. The summed E-state index contributed by atoms with van der Waals surface area (Å²) in [5.41, 5.74) is 1.85. The molecule has 24 heavy (non-hydrogen) atoms. The summed E-state index contributed by atoms with van der Waals surface area (Å²) in [7, 11) is 0. The summed E-state index contributed by atoms with van der Waals surface area (Å²) >= 11 is 0. The Bertz CT molecular complexity index is 783. The van der Waals surface area contributed by atoms with Gasteiger partial charge < -0.3 is 20.1 Å². The van der Waals surface area contributed by atoms with Gasteiger partial charge in [0.1, 0.15) is 19.3 Å². The molecular formula is C18H17N3O3. The van der Waals surface area contributed by atoms with Crippen molar-refractivity contribution in [3.05, 3.63) is 48.0 Å². The number of nitriles is 1. The summed E-state index contributed by atoms with van der Waals surface area (Å²) in [6.45, 7) is 1.57. The smallest absolute Gasteiger partial charge is 0.226 e. The lowest BCUT2D eigenvalue weighted by Gasteiger charge is -2.19. The van der Waals surface area contributed by atoms with Crippen molar-refractivity contribution < 1.29 is 14.3 Å². The molecule has 2 aromatic rings. The molecule has 2 aromatic carbocycles. The second kappa shape index (κ2) is 7.38. The highest BCUT2D eigenvalue weighted by molar-refractivity contribution is 5.92. The third-order valence-electron chi connectivity index (χ3n) is 3.54. The van der Waals surface area contributed by atoms with E-state index < -0.39 is 0 Å². The van der Waals surface area contributed by atoms with Crippen LogP contribution in [-0.2, 0) is 4.79 Å². The minimum atomic E-state index is -0.150. The molecule has 1 amide bonds. The molecular weight excluding hydrogens is 306 g/mol. The zero-order chi connectivity index (χ0) is 16.8. The molecule has 0 aliphatic carbocycles. The van der Waals surface area contributed by atoms with E-state index in [0.717, 1.165) is 11.4 Å². The molecule has 0 saturated heterocycles. The number of nitrogens with one attached hydrogen (secondary N) is 2. The summed E-state index contributed by atoms with van der Waals surface area (Å²) in [6, 6.07) is 14.6. The molecule has 2 N–H and O–H groups in total. The second-order valence-corrected chi connectivity index (χ2v) is 5.24. The fraction of sp³-hybridized carbons (Fsp3) is 0.222. The fourth-order valence-corrected chi connectivity index (χ4v) is 2.38. The number of nitrogens with zero attached hydrogens (tertiary/aromatic N) is 1. The first-order valence-corrected chi connectivity index (χ1v) is 7.69. The van der Waals surface area contributed by atoms with E-state index in [-0.39, 0.29) is 12.3 Å². The standard InChI is InChI=1S/C18H17N3O3/c19-12-13-3-1-2-4-15(13)21-18(22)7-8-20-14-5-6-16-17(11-14)24-10-9-23-16/h1-6,11,20H,7-10H2,(H,21,22). The Balaban J connectivity index is 1.51.